The summed E-state index contributed by atoms with van der Waals surface area (Å²) in [5, 5.41) is 4.64. The number of amides is 2. The number of piperazine rings is 1. The van der Waals surface area contributed by atoms with Crippen molar-refractivity contribution in [2.75, 3.05) is 26.2 Å². The fourth-order valence-electron chi connectivity index (χ4n) is 3.41. The Morgan fingerprint density at radius 2 is 1.70 bits per heavy atom. The van der Waals surface area contributed by atoms with E-state index in [1.54, 1.807) is 23.6 Å². The summed E-state index contributed by atoms with van der Waals surface area (Å²) in [4.78, 5) is 32.8. The van der Waals surface area contributed by atoms with Crippen LogP contribution in [0.4, 0.5) is 0 Å². The molecule has 27 heavy (non-hydrogen) atoms. The van der Waals surface area contributed by atoms with Crippen LogP contribution in [0.1, 0.15) is 23.0 Å². The Bertz CT molecular complexity index is 1000. The largest absolute Gasteiger partial charge is 0.339 e. The van der Waals surface area contributed by atoms with Crippen LogP contribution in [0, 0.1) is 6.92 Å². The fraction of sp³-hybridized carbons (Fsp3) is 0.300. The Morgan fingerprint density at radius 1 is 1.04 bits per heavy atom. The van der Waals surface area contributed by atoms with E-state index in [9.17, 15) is 9.59 Å². The van der Waals surface area contributed by atoms with Crippen LogP contribution in [0.5, 0.6) is 0 Å². The first-order valence-electron chi connectivity index (χ1n) is 8.92. The Balaban J connectivity index is 1.73. The molecule has 3 aromatic rings. The minimum Gasteiger partial charge on any atom is -0.339 e. The van der Waals surface area contributed by atoms with E-state index in [0.717, 1.165) is 5.56 Å². The van der Waals surface area contributed by atoms with Crippen LogP contribution in [0.2, 0.25) is 0 Å². The van der Waals surface area contributed by atoms with Gasteiger partial charge in [0.1, 0.15) is 0 Å². The van der Waals surface area contributed by atoms with Crippen molar-refractivity contribution < 1.29 is 14.1 Å². The van der Waals surface area contributed by atoms with Gasteiger partial charge in [-0.05, 0) is 13.0 Å². The van der Waals surface area contributed by atoms with E-state index in [0.29, 0.717) is 54.2 Å². The number of benzene rings is 1. The number of carbonyl (C=O) groups excluding carboxylic acids is 2. The van der Waals surface area contributed by atoms with Gasteiger partial charge in [0, 0.05) is 38.7 Å². The molecule has 1 aliphatic heterocycles. The van der Waals surface area contributed by atoms with Crippen LogP contribution in [-0.2, 0) is 4.79 Å². The molecule has 7 heteroatoms. The molecule has 0 radical (unpaired) electrons. The van der Waals surface area contributed by atoms with Crippen molar-refractivity contribution in [1.82, 2.24) is 19.9 Å². The van der Waals surface area contributed by atoms with E-state index in [2.05, 4.69) is 10.1 Å². The molecule has 1 fully saturated rings. The second-order valence-electron chi connectivity index (χ2n) is 6.67. The molecule has 0 spiro atoms. The number of rotatable bonds is 2. The molecule has 2 aromatic heterocycles. The molecule has 2 amide bonds. The lowest BCUT2D eigenvalue weighted by Gasteiger charge is -2.34. The third-order valence-corrected chi connectivity index (χ3v) is 4.93. The van der Waals surface area contributed by atoms with Crippen molar-refractivity contribution in [1.29, 1.82) is 0 Å². The standard InChI is InChI=1S/C20H20N4O3/c1-13-18-16(20(26)24-10-8-23(9-11-24)14(2)25)12-17(21-19(18)27-22-13)15-6-4-3-5-7-15/h3-7,12H,8-11H2,1-2H3. The third-order valence-electron chi connectivity index (χ3n) is 4.93. The zero-order valence-electron chi connectivity index (χ0n) is 15.3. The van der Waals surface area contributed by atoms with Gasteiger partial charge in [-0.1, -0.05) is 35.5 Å². The van der Waals surface area contributed by atoms with Crippen LogP contribution < -0.4 is 0 Å². The summed E-state index contributed by atoms with van der Waals surface area (Å²) in [6.45, 7) is 5.46. The lowest BCUT2D eigenvalue weighted by molar-refractivity contribution is -0.130. The number of aromatic nitrogens is 2. The Morgan fingerprint density at radius 3 is 2.37 bits per heavy atom. The average Bonchev–Trinajstić information content (AvgIpc) is 3.08. The molecular formula is C20H20N4O3. The number of fused-ring (bicyclic) bond motifs is 1. The molecule has 4 rings (SSSR count). The maximum Gasteiger partial charge on any atom is 0.259 e. The highest BCUT2D eigenvalue weighted by Gasteiger charge is 2.27. The first kappa shape index (κ1) is 17.2. The Hall–Kier alpha value is -3.22. The summed E-state index contributed by atoms with van der Waals surface area (Å²) >= 11 is 0. The van der Waals surface area contributed by atoms with Crippen LogP contribution in [-0.4, -0.2) is 57.9 Å². The second-order valence-corrected chi connectivity index (χ2v) is 6.67. The normalized spacial score (nSPS) is 14.6. The first-order chi connectivity index (χ1) is 13.0. The van der Waals surface area contributed by atoms with Gasteiger partial charge in [-0.25, -0.2) is 4.98 Å². The lowest BCUT2D eigenvalue weighted by Crippen LogP contribution is -2.50. The highest BCUT2D eigenvalue weighted by atomic mass is 16.5. The van der Waals surface area contributed by atoms with Crippen LogP contribution in [0.3, 0.4) is 0 Å². The summed E-state index contributed by atoms with van der Waals surface area (Å²) in [5.41, 5.74) is 3.12. The summed E-state index contributed by atoms with van der Waals surface area (Å²) in [7, 11) is 0. The molecule has 1 aliphatic rings. The summed E-state index contributed by atoms with van der Waals surface area (Å²) in [6.07, 6.45) is 0. The van der Waals surface area contributed by atoms with Gasteiger partial charge in [-0.3, -0.25) is 9.59 Å². The van der Waals surface area contributed by atoms with Crippen molar-refractivity contribution in [3.8, 4) is 11.3 Å². The molecule has 1 aromatic carbocycles. The molecule has 138 valence electrons. The van der Waals surface area contributed by atoms with Crippen LogP contribution in [0.25, 0.3) is 22.4 Å². The van der Waals surface area contributed by atoms with Gasteiger partial charge in [-0.2, -0.15) is 0 Å². The van der Waals surface area contributed by atoms with Crippen LogP contribution in [0.15, 0.2) is 40.9 Å². The number of pyridine rings is 1. The van der Waals surface area contributed by atoms with E-state index in [4.69, 9.17) is 4.52 Å². The second kappa shape index (κ2) is 6.83. The van der Waals surface area contributed by atoms with Crippen molar-refractivity contribution in [3.05, 3.63) is 47.7 Å². The molecule has 0 saturated carbocycles. The van der Waals surface area contributed by atoms with Gasteiger partial charge in [-0.15, -0.1) is 0 Å². The maximum atomic E-state index is 13.2. The van der Waals surface area contributed by atoms with E-state index >= 15 is 0 Å². The molecule has 0 aliphatic carbocycles. The minimum atomic E-state index is -0.0888. The van der Waals surface area contributed by atoms with Gasteiger partial charge < -0.3 is 14.3 Å². The van der Waals surface area contributed by atoms with E-state index in [1.807, 2.05) is 36.4 Å². The number of hydrogen-bond acceptors (Lipinski definition) is 5. The van der Waals surface area contributed by atoms with Gasteiger partial charge in [0.2, 0.25) is 5.91 Å². The first-order valence-corrected chi connectivity index (χ1v) is 8.92. The van der Waals surface area contributed by atoms with Crippen molar-refractivity contribution in [2.24, 2.45) is 0 Å². The molecule has 1 saturated heterocycles. The molecule has 0 N–H and O–H groups in total. The Labute approximate surface area is 156 Å². The summed E-state index contributed by atoms with van der Waals surface area (Å²) in [5.74, 6) is -0.0521. The van der Waals surface area contributed by atoms with Gasteiger partial charge >= 0.3 is 0 Å². The molecule has 3 heterocycles. The lowest BCUT2D eigenvalue weighted by atomic mass is 10.0. The highest BCUT2D eigenvalue weighted by Crippen LogP contribution is 2.28. The number of aryl methyl sites for hydroxylation is 1. The quantitative estimate of drug-likeness (QED) is 0.698. The molecular weight excluding hydrogens is 344 g/mol. The zero-order chi connectivity index (χ0) is 19.0. The van der Waals surface area contributed by atoms with Crippen LogP contribution >= 0.6 is 0 Å². The number of nitrogens with zero attached hydrogens (tertiary/aromatic N) is 4. The summed E-state index contributed by atoms with van der Waals surface area (Å²) < 4.78 is 5.35. The summed E-state index contributed by atoms with van der Waals surface area (Å²) in [6, 6.07) is 11.5. The molecule has 0 unspecified atom stereocenters. The highest BCUT2D eigenvalue weighted by molar-refractivity contribution is 6.07. The topological polar surface area (TPSA) is 79.5 Å². The van der Waals surface area contributed by atoms with Crippen molar-refractivity contribution in [3.63, 3.8) is 0 Å². The zero-order valence-corrected chi connectivity index (χ0v) is 15.3. The SMILES string of the molecule is CC(=O)N1CCN(C(=O)c2cc(-c3ccccc3)nc3onc(C)c23)CC1. The van der Waals surface area contributed by atoms with Gasteiger partial charge in [0.25, 0.3) is 11.6 Å². The smallest absolute Gasteiger partial charge is 0.259 e. The third kappa shape index (κ3) is 3.16. The molecule has 0 atom stereocenters. The molecule has 0 bridgehead atoms. The average molecular weight is 364 g/mol. The number of hydrogen-bond donors (Lipinski definition) is 0. The monoisotopic (exact) mass is 364 g/mol. The number of carbonyl (C=O) groups is 2. The maximum absolute atomic E-state index is 13.2. The minimum absolute atomic E-state index is 0.0367. The van der Waals surface area contributed by atoms with E-state index < -0.39 is 0 Å². The Kier molecular flexibility index (Phi) is 4.35. The van der Waals surface area contributed by atoms with E-state index in [1.165, 1.54) is 0 Å². The van der Waals surface area contributed by atoms with Gasteiger partial charge in [0.15, 0.2) is 0 Å². The molecule has 7 nitrogen and oxygen atoms in total. The van der Waals surface area contributed by atoms with Gasteiger partial charge in [0.05, 0.1) is 22.3 Å². The predicted octanol–water partition coefficient (Wildman–Crippen LogP) is 2.50. The fourth-order valence-corrected chi connectivity index (χ4v) is 3.41. The predicted molar refractivity (Wildman–Crippen MR) is 100 cm³/mol. The van der Waals surface area contributed by atoms with E-state index in [-0.39, 0.29) is 11.8 Å². The van der Waals surface area contributed by atoms with Crippen molar-refractivity contribution >= 4 is 22.9 Å². The van der Waals surface area contributed by atoms with Crippen molar-refractivity contribution in [2.45, 2.75) is 13.8 Å².